The van der Waals surface area contributed by atoms with E-state index < -0.39 is 34.3 Å². The zero-order chi connectivity index (χ0) is 22.0. The van der Waals surface area contributed by atoms with Gasteiger partial charge in [-0.25, -0.2) is 4.98 Å². The van der Waals surface area contributed by atoms with E-state index in [4.69, 9.17) is 18.0 Å². The van der Waals surface area contributed by atoms with Crippen LogP contribution in [-0.2, 0) is 14.4 Å². The second-order valence-corrected chi connectivity index (χ2v) is 7.47. The molecule has 2 heterocycles. The van der Waals surface area contributed by atoms with Gasteiger partial charge in [-0.2, -0.15) is 5.10 Å². The van der Waals surface area contributed by atoms with E-state index in [-0.39, 0.29) is 21.0 Å². The number of nitrogens with zero attached hydrogens (tertiary/aromatic N) is 3. The molecule has 1 aromatic heterocycles. The third kappa shape index (κ3) is 4.50. The summed E-state index contributed by atoms with van der Waals surface area (Å²) in [7, 11) is 0. The van der Waals surface area contributed by atoms with Crippen LogP contribution in [0.25, 0.3) is 10.2 Å². The van der Waals surface area contributed by atoms with Crippen LogP contribution in [0.4, 0.5) is 10.8 Å². The van der Waals surface area contributed by atoms with Crippen molar-refractivity contribution in [3.05, 3.63) is 28.3 Å². The lowest BCUT2D eigenvalue weighted by Gasteiger charge is -2.22. The average molecular weight is 466 g/mol. The summed E-state index contributed by atoms with van der Waals surface area (Å²) in [5.74, 6) is -4.34. The van der Waals surface area contributed by atoms with Crippen LogP contribution < -0.4 is 27.1 Å². The molecule has 13 nitrogen and oxygen atoms in total. The Hall–Kier alpha value is -3.63. The second kappa shape index (κ2) is 8.39. The van der Waals surface area contributed by atoms with E-state index in [9.17, 15) is 24.5 Å². The number of nitro benzene ring substituents is 1. The van der Waals surface area contributed by atoms with Crippen molar-refractivity contribution >= 4 is 90.5 Å². The number of anilines is 1. The number of hydrogen-bond donors (Lipinski definition) is 5. The molecule has 0 atom stereocenters. The first-order valence-electron chi connectivity index (χ1n) is 7.80. The lowest BCUT2D eigenvalue weighted by molar-refractivity contribution is -0.384. The van der Waals surface area contributed by atoms with Gasteiger partial charge in [-0.15, -0.1) is 0 Å². The minimum absolute atomic E-state index is 0.0608. The van der Waals surface area contributed by atoms with Gasteiger partial charge in [-0.1, -0.05) is 11.3 Å². The molecular weight excluding hydrogens is 456 g/mol. The van der Waals surface area contributed by atoms with Gasteiger partial charge in [0.05, 0.1) is 15.1 Å². The van der Waals surface area contributed by atoms with Crippen LogP contribution in [0.15, 0.2) is 23.3 Å². The second-order valence-electron chi connectivity index (χ2n) is 5.60. The number of nitro groups is 1. The van der Waals surface area contributed by atoms with Crippen LogP contribution >= 0.6 is 35.8 Å². The molecule has 2 aromatic rings. The smallest absolute Gasteiger partial charge is 0.275 e. The SMILES string of the molecule is NC(=S)NN=C(C(=O)Nc1nc2ccc([N+](=O)[O-])cc2s1)C1C(=O)NC(=S)NC1=O. The summed E-state index contributed by atoms with van der Waals surface area (Å²) < 4.78 is 0.442. The third-order valence-corrected chi connectivity index (χ3v) is 4.82. The van der Waals surface area contributed by atoms with Crippen molar-refractivity contribution in [1.82, 2.24) is 21.0 Å². The predicted molar refractivity (Wildman–Crippen MR) is 115 cm³/mol. The van der Waals surface area contributed by atoms with Crippen molar-refractivity contribution < 1.29 is 19.3 Å². The number of nitrogens with one attached hydrogen (secondary N) is 4. The number of carbonyl (C=O) groups excluding carboxylic acids is 3. The Bertz CT molecular complexity index is 1140. The van der Waals surface area contributed by atoms with Gasteiger partial charge in [0.2, 0.25) is 11.8 Å². The molecule has 1 aliphatic rings. The summed E-state index contributed by atoms with van der Waals surface area (Å²) in [5, 5.41) is 20.9. The highest BCUT2D eigenvalue weighted by atomic mass is 32.1. The van der Waals surface area contributed by atoms with E-state index >= 15 is 0 Å². The summed E-state index contributed by atoms with van der Waals surface area (Å²) in [4.78, 5) is 51.6. The summed E-state index contributed by atoms with van der Waals surface area (Å²) in [6, 6.07) is 3.99. The normalized spacial score (nSPS) is 14.8. The predicted octanol–water partition coefficient (Wildman–Crippen LogP) is -0.521. The molecule has 1 aliphatic heterocycles. The number of thiazole rings is 1. The minimum atomic E-state index is -1.64. The van der Waals surface area contributed by atoms with Gasteiger partial charge < -0.3 is 16.4 Å². The molecule has 0 bridgehead atoms. The Morgan fingerprint density at radius 1 is 1.33 bits per heavy atom. The molecule has 6 N–H and O–H groups in total. The summed E-state index contributed by atoms with van der Waals surface area (Å²) in [6.07, 6.45) is 0. The number of thiocarbonyl (C=S) groups is 2. The highest BCUT2D eigenvalue weighted by Gasteiger charge is 2.40. The maximum Gasteiger partial charge on any atom is 0.275 e. The molecule has 1 fully saturated rings. The molecule has 1 saturated heterocycles. The number of fused-ring (bicyclic) bond motifs is 1. The van der Waals surface area contributed by atoms with E-state index in [1.165, 1.54) is 18.2 Å². The van der Waals surface area contributed by atoms with Gasteiger partial charge in [0.25, 0.3) is 11.6 Å². The van der Waals surface area contributed by atoms with Crippen LogP contribution in [0.2, 0.25) is 0 Å². The summed E-state index contributed by atoms with van der Waals surface area (Å²) in [5.41, 5.74) is 7.17. The van der Waals surface area contributed by atoms with Crippen molar-refractivity contribution in [2.75, 3.05) is 5.32 Å². The summed E-state index contributed by atoms with van der Waals surface area (Å²) >= 11 is 10.3. The molecule has 3 amide bonds. The Morgan fingerprint density at radius 3 is 2.60 bits per heavy atom. The van der Waals surface area contributed by atoms with Crippen molar-refractivity contribution in [3.63, 3.8) is 0 Å². The monoisotopic (exact) mass is 466 g/mol. The molecular formula is C14H10N8O5S3. The fourth-order valence-electron chi connectivity index (χ4n) is 2.37. The number of hydrogen-bond acceptors (Lipinski definition) is 10. The molecule has 16 heteroatoms. The van der Waals surface area contributed by atoms with Crippen molar-refractivity contribution in [3.8, 4) is 0 Å². The fraction of sp³-hybridized carbons (Fsp3) is 0.0714. The highest BCUT2D eigenvalue weighted by Crippen LogP contribution is 2.29. The summed E-state index contributed by atoms with van der Waals surface area (Å²) in [6.45, 7) is 0. The first-order valence-corrected chi connectivity index (χ1v) is 9.44. The van der Waals surface area contributed by atoms with Gasteiger partial charge in [0.15, 0.2) is 21.3 Å². The molecule has 3 rings (SSSR count). The van der Waals surface area contributed by atoms with Crippen LogP contribution in [0, 0.1) is 16.0 Å². The van der Waals surface area contributed by atoms with Gasteiger partial charge >= 0.3 is 0 Å². The number of benzene rings is 1. The number of nitrogens with two attached hydrogens (primary N) is 1. The quantitative estimate of drug-likeness (QED) is 0.126. The topological polar surface area (TPSA) is 194 Å². The first-order chi connectivity index (χ1) is 14.2. The number of aromatic nitrogens is 1. The molecule has 0 radical (unpaired) electrons. The van der Waals surface area contributed by atoms with Gasteiger partial charge in [-0.05, 0) is 30.5 Å². The average Bonchev–Trinajstić information content (AvgIpc) is 3.04. The maximum atomic E-state index is 12.7. The lowest BCUT2D eigenvalue weighted by Crippen LogP contribution is -2.59. The van der Waals surface area contributed by atoms with Gasteiger partial charge in [0, 0.05) is 12.1 Å². The number of carbonyl (C=O) groups is 3. The van der Waals surface area contributed by atoms with Crippen LogP contribution in [0.3, 0.4) is 0 Å². The van der Waals surface area contributed by atoms with Gasteiger partial charge in [-0.3, -0.25) is 35.2 Å². The Morgan fingerprint density at radius 2 is 2.00 bits per heavy atom. The standard InChI is InChI=1S/C14H10N8O5S3/c15-12(28)21-20-8(7-9(23)17-13(29)18-10(7)24)11(25)19-14-16-5-2-1-4(22(26)27)3-6(5)30-14/h1-3,7H,(H3,15,21,28)(H,16,19,25)(H2,17,18,23,24,29). The van der Waals surface area contributed by atoms with Crippen LogP contribution in [0.5, 0.6) is 0 Å². The molecule has 0 aliphatic carbocycles. The fourth-order valence-corrected chi connectivity index (χ4v) is 3.51. The Balaban J connectivity index is 1.90. The highest BCUT2D eigenvalue weighted by molar-refractivity contribution is 7.80. The molecule has 1 aromatic carbocycles. The zero-order valence-electron chi connectivity index (χ0n) is 14.5. The number of amides is 3. The maximum absolute atomic E-state index is 12.7. The van der Waals surface area contributed by atoms with E-state index in [0.717, 1.165) is 11.3 Å². The number of rotatable bonds is 5. The first kappa shape index (κ1) is 21.1. The van der Waals surface area contributed by atoms with E-state index in [1.54, 1.807) is 0 Å². The molecule has 0 spiro atoms. The molecule has 0 unspecified atom stereocenters. The third-order valence-electron chi connectivity index (χ3n) is 3.59. The largest absolute Gasteiger partial charge is 0.375 e. The van der Waals surface area contributed by atoms with Crippen molar-refractivity contribution in [2.24, 2.45) is 16.8 Å². The van der Waals surface area contributed by atoms with Crippen LogP contribution in [0.1, 0.15) is 0 Å². The molecule has 30 heavy (non-hydrogen) atoms. The van der Waals surface area contributed by atoms with Crippen molar-refractivity contribution in [2.45, 2.75) is 0 Å². The van der Waals surface area contributed by atoms with E-state index in [1.807, 2.05) is 0 Å². The van der Waals surface area contributed by atoms with Crippen molar-refractivity contribution in [1.29, 1.82) is 0 Å². The Kier molecular flexibility index (Phi) is 5.90. The number of non-ortho nitro benzene ring substituents is 1. The number of hydrazone groups is 1. The molecule has 154 valence electrons. The minimum Gasteiger partial charge on any atom is -0.375 e. The zero-order valence-corrected chi connectivity index (χ0v) is 16.9. The Labute approximate surface area is 181 Å². The van der Waals surface area contributed by atoms with Gasteiger partial charge in [0.1, 0.15) is 5.71 Å². The van der Waals surface area contributed by atoms with E-state index in [0.29, 0.717) is 10.2 Å². The molecule has 0 saturated carbocycles. The van der Waals surface area contributed by atoms with E-state index in [2.05, 4.69) is 43.7 Å². The van der Waals surface area contributed by atoms with Crippen LogP contribution in [-0.4, -0.2) is 43.6 Å². The lowest BCUT2D eigenvalue weighted by atomic mass is 9.99.